The van der Waals surface area contributed by atoms with Crippen LogP contribution in [0.25, 0.3) is 5.69 Å². The molecule has 0 aromatic carbocycles. The number of rotatable bonds is 3. The number of aromatic nitrogens is 3. The van der Waals surface area contributed by atoms with Gasteiger partial charge in [0.15, 0.2) is 5.15 Å². The van der Waals surface area contributed by atoms with E-state index in [9.17, 15) is 9.90 Å². The van der Waals surface area contributed by atoms with Crippen molar-refractivity contribution in [3.05, 3.63) is 35.9 Å². The number of carboxylic acid groups (broad SMARTS) is 1. The molecule has 0 aliphatic heterocycles. The molecule has 0 spiro atoms. The fourth-order valence-corrected chi connectivity index (χ4v) is 2.11. The van der Waals surface area contributed by atoms with Crippen molar-refractivity contribution >= 4 is 23.4 Å². The summed E-state index contributed by atoms with van der Waals surface area (Å²) in [6.07, 6.45) is 3.82. The minimum atomic E-state index is -1.06. The smallest absolute Gasteiger partial charge is 0.411 e. The molecule has 0 atom stereocenters. The Balaban J connectivity index is 2.39. The highest BCUT2D eigenvalue weighted by Gasteiger charge is 2.25. The highest BCUT2D eigenvalue weighted by Crippen LogP contribution is 2.29. The van der Waals surface area contributed by atoms with Gasteiger partial charge in [-0.15, -0.1) is 0 Å². The zero-order valence-corrected chi connectivity index (χ0v) is 12.9. The average molecular weight is 309 g/mol. The summed E-state index contributed by atoms with van der Waals surface area (Å²) < 4.78 is 1.52. The van der Waals surface area contributed by atoms with Gasteiger partial charge in [0, 0.05) is 12.7 Å². The van der Waals surface area contributed by atoms with Crippen molar-refractivity contribution < 1.29 is 9.90 Å². The van der Waals surface area contributed by atoms with Crippen LogP contribution in [0.1, 0.15) is 20.8 Å². The molecule has 6 nitrogen and oxygen atoms in total. The number of hydrogen-bond donors (Lipinski definition) is 1. The fourth-order valence-electron chi connectivity index (χ4n) is 1.88. The summed E-state index contributed by atoms with van der Waals surface area (Å²) in [4.78, 5) is 16.7. The lowest BCUT2D eigenvalue weighted by Crippen LogP contribution is -2.36. The molecule has 0 radical (unpaired) electrons. The summed E-state index contributed by atoms with van der Waals surface area (Å²) in [5.41, 5.74) is 0.882. The van der Waals surface area contributed by atoms with Gasteiger partial charge in [-0.05, 0) is 17.5 Å². The van der Waals surface area contributed by atoms with E-state index in [0.717, 1.165) is 0 Å². The van der Waals surface area contributed by atoms with Crippen LogP contribution in [-0.4, -0.2) is 32.5 Å². The molecular formula is C14H17ClN4O2. The van der Waals surface area contributed by atoms with Gasteiger partial charge in [-0.25, -0.2) is 9.48 Å². The van der Waals surface area contributed by atoms with Crippen molar-refractivity contribution in [2.24, 2.45) is 5.41 Å². The van der Waals surface area contributed by atoms with Crippen LogP contribution >= 0.6 is 11.6 Å². The van der Waals surface area contributed by atoms with Crippen LogP contribution in [0.2, 0.25) is 5.15 Å². The van der Waals surface area contributed by atoms with Gasteiger partial charge < -0.3 is 5.11 Å². The van der Waals surface area contributed by atoms with Crippen molar-refractivity contribution in [1.82, 2.24) is 14.8 Å². The second-order valence-corrected chi connectivity index (χ2v) is 6.25. The summed E-state index contributed by atoms with van der Waals surface area (Å²) in [6.45, 7) is 6.20. The third kappa shape index (κ3) is 3.72. The Morgan fingerprint density at radius 2 is 2.19 bits per heavy atom. The SMILES string of the molecule is CC(C)(C)CN(C(=O)O)c1cn(-c2cccnc2)nc1Cl. The number of pyridine rings is 1. The van der Waals surface area contributed by atoms with Gasteiger partial charge >= 0.3 is 6.09 Å². The zero-order valence-electron chi connectivity index (χ0n) is 12.1. The molecule has 0 saturated carbocycles. The normalized spacial score (nSPS) is 11.4. The molecule has 1 amide bonds. The van der Waals surface area contributed by atoms with Gasteiger partial charge in [0.2, 0.25) is 0 Å². The lowest BCUT2D eigenvalue weighted by molar-refractivity contribution is 0.198. The van der Waals surface area contributed by atoms with E-state index in [1.54, 1.807) is 24.7 Å². The van der Waals surface area contributed by atoms with Gasteiger partial charge in [0.25, 0.3) is 0 Å². The Labute approximate surface area is 128 Å². The van der Waals surface area contributed by atoms with E-state index in [0.29, 0.717) is 17.9 Å². The summed E-state index contributed by atoms with van der Waals surface area (Å²) in [5, 5.41) is 13.7. The van der Waals surface area contributed by atoms with Crippen molar-refractivity contribution in [2.45, 2.75) is 20.8 Å². The Kier molecular flexibility index (Phi) is 4.18. The van der Waals surface area contributed by atoms with Crippen LogP contribution in [0.5, 0.6) is 0 Å². The maximum absolute atomic E-state index is 11.5. The summed E-state index contributed by atoms with van der Waals surface area (Å²) in [6, 6.07) is 3.59. The van der Waals surface area contributed by atoms with Crippen LogP contribution < -0.4 is 4.90 Å². The van der Waals surface area contributed by atoms with Gasteiger partial charge in [-0.3, -0.25) is 9.88 Å². The predicted molar refractivity (Wildman–Crippen MR) is 81.2 cm³/mol. The number of amides is 1. The lowest BCUT2D eigenvalue weighted by Gasteiger charge is -2.26. The van der Waals surface area contributed by atoms with Crippen LogP contribution in [0.4, 0.5) is 10.5 Å². The van der Waals surface area contributed by atoms with Gasteiger partial charge in [0.1, 0.15) is 5.69 Å². The molecule has 0 saturated heterocycles. The number of hydrogen-bond acceptors (Lipinski definition) is 3. The highest BCUT2D eigenvalue weighted by molar-refractivity contribution is 6.32. The molecule has 0 bridgehead atoms. The summed E-state index contributed by atoms with van der Waals surface area (Å²) in [5.74, 6) is 0. The van der Waals surface area contributed by atoms with E-state index in [1.165, 1.54) is 9.58 Å². The molecule has 2 rings (SSSR count). The molecule has 2 heterocycles. The van der Waals surface area contributed by atoms with E-state index in [1.807, 2.05) is 26.8 Å². The fraction of sp³-hybridized carbons (Fsp3) is 0.357. The second-order valence-electron chi connectivity index (χ2n) is 5.89. The van der Waals surface area contributed by atoms with E-state index < -0.39 is 6.09 Å². The molecule has 112 valence electrons. The number of halogens is 1. The van der Waals surface area contributed by atoms with Crippen molar-refractivity contribution in [3.8, 4) is 5.69 Å². The molecule has 0 aliphatic carbocycles. The minimum Gasteiger partial charge on any atom is -0.465 e. The monoisotopic (exact) mass is 308 g/mol. The van der Waals surface area contributed by atoms with Crippen molar-refractivity contribution in [2.75, 3.05) is 11.4 Å². The minimum absolute atomic E-state index is 0.144. The molecule has 0 aliphatic rings. The molecule has 1 N–H and O–H groups in total. The number of anilines is 1. The maximum Gasteiger partial charge on any atom is 0.411 e. The Morgan fingerprint density at radius 3 is 2.71 bits per heavy atom. The van der Waals surface area contributed by atoms with E-state index >= 15 is 0 Å². The zero-order chi connectivity index (χ0) is 15.6. The second kappa shape index (κ2) is 5.73. The molecular weight excluding hydrogens is 292 g/mol. The molecule has 2 aromatic rings. The Bertz CT molecular complexity index is 634. The van der Waals surface area contributed by atoms with Crippen LogP contribution in [-0.2, 0) is 0 Å². The predicted octanol–water partition coefficient (Wildman–Crippen LogP) is 3.45. The van der Waals surface area contributed by atoms with E-state index in [2.05, 4.69) is 10.1 Å². The van der Waals surface area contributed by atoms with Crippen LogP contribution in [0.3, 0.4) is 0 Å². The molecule has 2 aromatic heterocycles. The third-order valence-corrected chi connectivity index (χ3v) is 2.99. The standard InChI is InChI=1S/C14H17ClN4O2/c1-14(2,3)9-18(13(20)21)11-8-19(17-12(11)15)10-5-4-6-16-7-10/h4-8H,9H2,1-3H3,(H,20,21). The lowest BCUT2D eigenvalue weighted by atomic mass is 9.96. The topological polar surface area (TPSA) is 71.2 Å². The molecule has 7 heteroatoms. The quantitative estimate of drug-likeness (QED) is 0.942. The number of carbonyl (C=O) groups is 1. The first-order chi connectivity index (χ1) is 9.78. The first-order valence-electron chi connectivity index (χ1n) is 6.44. The average Bonchev–Trinajstić information content (AvgIpc) is 2.78. The van der Waals surface area contributed by atoms with Crippen LogP contribution in [0, 0.1) is 5.41 Å². The van der Waals surface area contributed by atoms with E-state index in [-0.39, 0.29) is 10.6 Å². The third-order valence-electron chi connectivity index (χ3n) is 2.72. The highest BCUT2D eigenvalue weighted by atomic mass is 35.5. The first kappa shape index (κ1) is 15.3. The largest absolute Gasteiger partial charge is 0.465 e. The maximum atomic E-state index is 11.5. The van der Waals surface area contributed by atoms with Crippen molar-refractivity contribution in [1.29, 1.82) is 0 Å². The van der Waals surface area contributed by atoms with Gasteiger partial charge in [0.05, 0.1) is 18.1 Å². The van der Waals surface area contributed by atoms with Gasteiger partial charge in [-0.1, -0.05) is 32.4 Å². The van der Waals surface area contributed by atoms with Gasteiger partial charge in [-0.2, -0.15) is 5.10 Å². The summed E-state index contributed by atoms with van der Waals surface area (Å²) in [7, 11) is 0. The van der Waals surface area contributed by atoms with E-state index in [4.69, 9.17) is 11.6 Å². The Hall–Kier alpha value is -2.08. The number of nitrogens with zero attached hydrogens (tertiary/aromatic N) is 4. The van der Waals surface area contributed by atoms with Crippen LogP contribution in [0.15, 0.2) is 30.7 Å². The molecule has 0 fully saturated rings. The summed E-state index contributed by atoms with van der Waals surface area (Å²) >= 11 is 6.11. The molecule has 0 unspecified atom stereocenters. The first-order valence-corrected chi connectivity index (χ1v) is 6.82. The molecule has 21 heavy (non-hydrogen) atoms. The Morgan fingerprint density at radius 1 is 1.48 bits per heavy atom. The van der Waals surface area contributed by atoms with Crippen molar-refractivity contribution in [3.63, 3.8) is 0 Å².